The number of fused-ring (bicyclic) bond motifs is 1. The molecule has 33 heavy (non-hydrogen) atoms. The van der Waals surface area contributed by atoms with E-state index in [1.54, 1.807) is 16.7 Å². The van der Waals surface area contributed by atoms with Crippen molar-refractivity contribution in [2.45, 2.75) is 81.1 Å². The summed E-state index contributed by atoms with van der Waals surface area (Å²) >= 11 is 1.65. The maximum Gasteiger partial charge on any atom is 0.244 e. The highest BCUT2D eigenvalue weighted by molar-refractivity contribution is 8.02. The van der Waals surface area contributed by atoms with Gasteiger partial charge in [-0.15, -0.1) is 11.8 Å². The van der Waals surface area contributed by atoms with Gasteiger partial charge < -0.3 is 20.6 Å². The molecule has 0 aliphatic carbocycles. The number of amides is 3. The number of nitrogens with one attached hydrogen (secondary N) is 2. The van der Waals surface area contributed by atoms with Gasteiger partial charge in [-0.1, -0.05) is 37.3 Å². The zero-order valence-electron chi connectivity index (χ0n) is 19.8. The molecule has 3 amide bonds. The number of aliphatic hydroxyl groups excluding tert-OH is 1. The van der Waals surface area contributed by atoms with Crippen LogP contribution in [0.25, 0.3) is 0 Å². The maximum atomic E-state index is 13.8. The van der Waals surface area contributed by atoms with Crippen LogP contribution in [0, 0.1) is 11.8 Å². The van der Waals surface area contributed by atoms with Gasteiger partial charge in [0.1, 0.15) is 6.04 Å². The van der Waals surface area contributed by atoms with E-state index in [0.717, 1.165) is 18.4 Å². The largest absolute Gasteiger partial charge is 0.394 e. The van der Waals surface area contributed by atoms with Crippen LogP contribution >= 0.6 is 11.8 Å². The number of likely N-dealkylation sites (tertiary alicyclic amines) is 1. The number of carbonyl (C=O) groups excluding carboxylic acids is 3. The fourth-order valence-electron chi connectivity index (χ4n) is 5.84. The van der Waals surface area contributed by atoms with Crippen LogP contribution in [-0.4, -0.2) is 62.0 Å². The van der Waals surface area contributed by atoms with E-state index in [9.17, 15) is 19.5 Å². The monoisotopic (exact) mass is 473 g/mol. The molecule has 1 aromatic rings. The third-order valence-electron chi connectivity index (χ3n) is 7.17. The Balaban J connectivity index is 1.65. The van der Waals surface area contributed by atoms with Crippen LogP contribution in [0.15, 0.2) is 30.3 Å². The minimum absolute atomic E-state index is 0.0241. The van der Waals surface area contributed by atoms with Gasteiger partial charge in [-0.2, -0.15) is 0 Å². The number of benzene rings is 1. The summed E-state index contributed by atoms with van der Waals surface area (Å²) in [5.41, 5.74) is 0.555. The third kappa shape index (κ3) is 4.16. The van der Waals surface area contributed by atoms with Crippen LogP contribution < -0.4 is 10.6 Å². The predicted octanol–water partition coefficient (Wildman–Crippen LogP) is 2.08. The van der Waals surface area contributed by atoms with Gasteiger partial charge in [-0.25, -0.2) is 0 Å². The van der Waals surface area contributed by atoms with Gasteiger partial charge in [0.25, 0.3) is 0 Å². The molecule has 8 heteroatoms. The minimum atomic E-state index is -0.687. The average Bonchev–Trinajstić information content (AvgIpc) is 3.40. The Morgan fingerprint density at radius 1 is 1.24 bits per heavy atom. The summed E-state index contributed by atoms with van der Waals surface area (Å²) in [6.45, 7) is 7.88. The van der Waals surface area contributed by atoms with Crippen molar-refractivity contribution in [3.8, 4) is 0 Å². The molecule has 2 bridgehead atoms. The second-order valence-corrected chi connectivity index (χ2v) is 12.1. The molecule has 3 aliphatic heterocycles. The van der Waals surface area contributed by atoms with Crippen molar-refractivity contribution >= 4 is 29.5 Å². The van der Waals surface area contributed by atoms with Crippen molar-refractivity contribution in [1.29, 1.82) is 0 Å². The second-order valence-electron chi connectivity index (χ2n) is 10.5. The van der Waals surface area contributed by atoms with Crippen molar-refractivity contribution in [2.24, 2.45) is 11.8 Å². The summed E-state index contributed by atoms with van der Waals surface area (Å²) in [6.07, 6.45) is 2.08. The molecule has 2 unspecified atom stereocenters. The van der Waals surface area contributed by atoms with Crippen LogP contribution in [0.4, 0.5) is 0 Å². The third-order valence-corrected chi connectivity index (χ3v) is 9.12. The number of hydrogen-bond acceptors (Lipinski definition) is 5. The highest BCUT2D eigenvalue weighted by Gasteiger charge is 2.74. The van der Waals surface area contributed by atoms with E-state index in [-0.39, 0.29) is 29.6 Å². The van der Waals surface area contributed by atoms with Crippen molar-refractivity contribution in [2.75, 3.05) is 6.61 Å². The Labute approximate surface area is 200 Å². The topological polar surface area (TPSA) is 98.7 Å². The summed E-state index contributed by atoms with van der Waals surface area (Å²) < 4.78 is -0.631. The Bertz CT molecular complexity index is 914. The maximum absolute atomic E-state index is 13.8. The molecule has 0 saturated carbocycles. The van der Waals surface area contributed by atoms with E-state index in [0.29, 0.717) is 13.0 Å². The molecule has 3 fully saturated rings. The van der Waals surface area contributed by atoms with Crippen molar-refractivity contribution in [1.82, 2.24) is 15.5 Å². The zero-order valence-corrected chi connectivity index (χ0v) is 20.7. The Morgan fingerprint density at radius 2 is 1.94 bits per heavy atom. The molecule has 0 radical (unpaired) electrons. The van der Waals surface area contributed by atoms with E-state index in [2.05, 4.69) is 10.6 Å². The summed E-state index contributed by atoms with van der Waals surface area (Å²) in [7, 11) is 0. The molecule has 180 valence electrons. The molecule has 4 rings (SSSR count). The molecule has 3 aliphatic rings. The lowest BCUT2D eigenvalue weighted by Crippen LogP contribution is -2.59. The molecule has 1 aromatic carbocycles. The van der Waals surface area contributed by atoms with Crippen LogP contribution in [0.3, 0.4) is 0 Å². The molecule has 6 atom stereocenters. The lowest BCUT2D eigenvalue weighted by molar-refractivity contribution is -0.143. The number of nitrogens with zero attached hydrogens (tertiary/aromatic N) is 1. The van der Waals surface area contributed by atoms with Gasteiger partial charge in [-0.05, 0) is 45.6 Å². The molecular formula is C25H35N3O4S. The van der Waals surface area contributed by atoms with Gasteiger partial charge in [0.2, 0.25) is 17.7 Å². The second kappa shape index (κ2) is 8.95. The normalized spacial score (nSPS) is 31.4. The SMILES string of the molecule is CC[C@@H](CO)N1C(=O)[C@@H]2[C@H](C(=O)NCc3ccccc3)[C@@H]3CCC2(S3)C1C(=O)NC(C)(C)C. The predicted molar refractivity (Wildman–Crippen MR) is 128 cm³/mol. The van der Waals surface area contributed by atoms with Gasteiger partial charge >= 0.3 is 0 Å². The highest BCUT2D eigenvalue weighted by Crippen LogP contribution is 2.66. The fraction of sp³-hybridized carbons (Fsp3) is 0.640. The van der Waals surface area contributed by atoms with Crippen LogP contribution in [0.2, 0.25) is 0 Å². The zero-order chi connectivity index (χ0) is 24.0. The number of hydrogen-bond donors (Lipinski definition) is 3. The Morgan fingerprint density at radius 3 is 2.55 bits per heavy atom. The lowest BCUT2D eigenvalue weighted by Gasteiger charge is -2.38. The molecule has 0 aromatic heterocycles. The molecular weight excluding hydrogens is 438 g/mol. The van der Waals surface area contributed by atoms with Crippen LogP contribution in [-0.2, 0) is 20.9 Å². The first-order chi connectivity index (χ1) is 15.6. The number of carbonyl (C=O) groups is 3. The summed E-state index contributed by atoms with van der Waals surface area (Å²) in [6, 6.07) is 8.58. The van der Waals surface area contributed by atoms with E-state index >= 15 is 0 Å². The van der Waals surface area contributed by atoms with Crippen molar-refractivity contribution < 1.29 is 19.5 Å². The molecule has 3 heterocycles. The quantitative estimate of drug-likeness (QED) is 0.563. The number of aliphatic hydroxyl groups is 1. The van der Waals surface area contributed by atoms with Gasteiger partial charge in [0, 0.05) is 17.3 Å². The molecule has 1 spiro atoms. The van der Waals surface area contributed by atoms with Crippen molar-refractivity contribution in [3.05, 3.63) is 35.9 Å². The standard InChI is InChI=1S/C25H35N3O4S/c1-5-16(14-29)28-20(22(31)27-24(2,3)4)25-12-11-17(33-25)18(19(25)23(28)32)21(30)26-13-15-9-7-6-8-10-15/h6-10,16-20,29H,5,11-14H2,1-4H3,(H,26,30)(H,27,31)/t16-,17-,18+,19-,20?,25?/m0/s1. The first-order valence-corrected chi connectivity index (χ1v) is 12.8. The molecule has 7 nitrogen and oxygen atoms in total. The molecule has 3 saturated heterocycles. The van der Waals surface area contributed by atoms with E-state index in [1.807, 2.05) is 58.0 Å². The lowest BCUT2D eigenvalue weighted by atomic mass is 9.70. The van der Waals surface area contributed by atoms with E-state index < -0.39 is 34.2 Å². The fourth-order valence-corrected chi connectivity index (χ4v) is 8.04. The van der Waals surface area contributed by atoms with Gasteiger partial charge in [0.15, 0.2) is 0 Å². The van der Waals surface area contributed by atoms with Crippen LogP contribution in [0.5, 0.6) is 0 Å². The summed E-state index contributed by atoms with van der Waals surface area (Å²) in [4.78, 5) is 42.4. The minimum Gasteiger partial charge on any atom is -0.394 e. The van der Waals surface area contributed by atoms with Gasteiger partial charge in [0.05, 0.1) is 29.2 Å². The van der Waals surface area contributed by atoms with E-state index in [1.165, 1.54) is 0 Å². The smallest absolute Gasteiger partial charge is 0.244 e. The first-order valence-electron chi connectivity index (χ1n) is 11.9. The highest BCUT2D eigenvalue weighted by atomic mass is 32.2. The average molecular weight is 474 g/mol. The molecule has 3 N–H and O–H groups in total. The first kappa shape index (κ1) is 24.1. The number of rotatable bonds is 7. The Kier molecular flexibility index (Phi) is 6.53. The van der Waals surface area contributed by atoms with Crippen molar-refractivity contribution in [3.63, 3.8) is 0 Å². The summed E-state index contributed by atoms with van der Waals surface area (Å²) in [5, 5.41) is 16.2. The van der Waals surface area contributed by atoms with Gasteiger partial charge in [-0.3, -0.25) is 14.4 Å². The van der Waals surface area contributed by atoms with E-state index in [4.69, 9.17) is 0 Å². The number of thioether (sulfide) groups is 1. The van der Waals surface area contributed by atoms with Crippen LogP contribution in [0.1, 0.15) is 52.5 Å². The Hall–Kier alpha value is -2.06. The summed E-state index contributed by atoms with van der Waals surface area (Å²) in [5.74, 6) is -1.49.